The van der Waals surface area contributed by atoms with Gasteiger partial charge in [-0.3, -0.25) is 0 Å². The van der Waals surface area contributed by atoms with Crippen LogP contribution in [0.2, 0.25) is 0 Å². The van der Waals surface area contributed by atoms with Crippen molar-refractivity contribution in [3.05, 3.63) is 41.0 Å². The molecule has 0 aliphatic rings. The van der Waals surface area contributed by atoms with Gasteiger partial charge in [-0.05, 0) is 0 Å². The number of hydrogen-bond donors (Lipinski definition) is 1. The van der Waals surface area contributed by atoms with Crippen LogP contribution < -0.4 is 0 Å². The first-order valence-corrected chi connectivity index (χ1v) is 4.78. The third-order valence-electron chi connectivity index (χ3n) is 2.33. The molecule has 108 valence electrons. The Morgan fingerprint density at radius 3 is 1.65 bits per heavy atom. The second-order valence-electron chi connectivity index (χ2n) is 3.59. The van der Waals surface area contributed by atoms with Gasteiger partial charge in [-0.1, -0.05) is 0 Å². The fraction of sp³-hybridized carbons (Fsp3) is 0.100. The predicted molar refractivity (Wildman–Crippen MR) is 48.8 cm³/mol. The molecule has 0 aliphatic heterocycles. The van der Waals surface area contributed by atoms with E-state index in [0.717, 1.165) is 0 Å². The van der Waals surface area contributed by atoms with Crippen LogP contribution in [0.25, 0.3) is 11.4 Å². The normalized spacial score (nSPS) is 12.0. The molecule has 0 saturated carbocycles. The van der Waals surface area contributed by atoms with Crippen LogP contribution in [0.15, 0.2) is 6.20 Å². The van der Waals surface area contributed by atoms with Crippen LogP contribution in [0.5, 0.6) is 0 Å². The van der Waals surface area contributed by atoms with Crippen molar-refractivity contribution in [1.29, 1.82) is 0 Å². The fourth-order valence-corrected chi connectivity index (χ4v) is 1.41. The van der Waals surface area contributed by atoms with Gasteiger partial charge >= 0.3 is 6.18 Å². The summed E-state index contributed by atoms with van der Waals surface area (Å²) in [4.78, 5) is 4.43. The van der Waals surface area contributed by atoms with Gasteiger partial charge in [0.2, 0.25) is 5.82 Å². The highest BCUT2D eigenvalue weighted by Crippen LogP contribution is 2.33. The van der Waals surface area contributed by atoms with Gasteiger partial charge in [0.05, 0.1) is 11.8 Å². The van der Waals surface area contributed by atoms with Gasteiger partial charge in [-0.2, -0.15) is 13.2 Å². The van der Waals surface area contributed by atoms with E-state index in [-0.39, 0.29) is 6.20 Å². The molecule has 0 amide bonds. The summed E-state index contributed by atoms with van der Waals surface area (Å²) in [6.07, 6.45) is -4.73. The molecule has 0 spiro atoms. The van der Waals surface area contributed by atoms with E-state index < -0.39 is 52.3 Å². The summed E-state index contributed by atoms with van der Waals surface area (Å²) in [7, 11) is 0. The second-order valence-corrected chi connectivity index (χ2v) is 3.59. The van der Waals surface area contributed by atoms with Gasteiger partial charge in [0.1, 0.15) is 11.5 Å². The number of halogens is 8. The molecule has 0 atom stereocenters. The molecular weight excluding hydrogens is 300 g/mol. The zero-order valence-corrected chi connectivity index (χ0v) is 9.05. The number of nitrogens with zero attached hydrogens (tertiary/aromatic N) is 1. The average molecular weight is 302 g/mol. The quantitative estimate of drug-likeness (QED) is 0.484. The van der Waals surface area contributed by atoms with Crippen LogP contribution in [-0.4, -0.2) is 9.97 Å². The summed E-state index contributed by atoms with van der Waals surface area (Å²) in [5, 5.41) is 0. The van der Waals surface area contributed by atoms with Gasteiger partial charge in [0, 0.05) is 0 Å². The number of alkyl halides is 3. The first kappa shape index (κ1) is 14.3. The Labute approximate surface area is 105 Å². The van der Waals surface area contributed by atoms with Crippen molar-refractivity contribution in [3.63, 3.8) is 0 Å². The molecule has 2 aromatic rings. The van der Waals surface area contributed by atoms with E-state index in [1.807, 2.05) is 0 Å². The Morgan fingerprint density at radius 1 is 0.800 bits per heavy atom. The first-order chi connectivity index (χ1) is 9.14. The van der Waals surface area contributed by atoms with Crippen LogP contribution in [0.1, 0.15) is 5.69 Å². The molecule has 0 aliphatic carbocycles. The molecule has 1 heterocycles. The van der Waals surface area contributed by atoms with E-state index in [1.165, 1.54) is 4.98 Å². The van der Waals surface area contributed by atoms with Crippen molar-refractivity contribution in [2.45, 2.75) is 6.18 Å². The summed E-state index contributed by atoms with van der Waals surface area (Å²) < 4.78 is 102. The molecule has 1 aromatic heterocycles. The van der Waals surface area contributed by atoms with Crippen LogP contribution in [-0.2, 0) is 6.18 Å². The number of hydrogen-bond acceptors (Lipinski definition) is 1. The second kappa shape index (κ2) is 4.46. The highest BCUT2D eigenvalue weighted by atomic mass is 19.4. The van der Waals surface area contributed by atoms with Gasteiger partial charge < -0.3 is 4.98 Å². The Morgan fingerprint density at radius 2 is 1.25 bits per heavy atom. The topological polar surface area (TPSA) is 28.7 Å². The Balaban J connectivity index is 2.68. The van der Waals surface area contributed by atoms with Crippen molar-refractivity contribution in [1.82, 2.24) is 9.97 Å². The number of aromatic amines is 1. The van der Waals surface area contributed by atoms with Gasteiger partial charge in [0.15, 0.2) is 23.3 Å². The monoisotopic (exact) mass is 302 g/mol. The molecule has 0 saturated heterocycles. The van der Waals surface area contributed by atoms with E-state index in [2.05, 4.69) is 4.98 Å². The minimum atomic E-state index is -4.91. The number of aromatic nitrogens is 2. The number of rotatable bonds is 1. The minimum absolute atomic E-state index is 0.174. The fourth-order valence-electron chi connectivity index (χ4n) is 1.41. The zero-order chi connectivity index (χ0) is 15.2. The summed E-state index contributed by atoms with van der Waals surface area (Å²) in [6, 6.07) is 0. The Hall–Kier alpha value is -2.13. The molecular formula is C10H2F8N2. The van der Waals surface area contributed by atoms with Crippen molar-refractivity contribution < 1.29 is 35.1 Å². The summed E-state index contributed by atoms with van der Waals surface area (Å²) in [6.45, 7) is 0. The Bertz CT molecular complexity index is 644. The van der Waals surface area contributed by atoms with Gasteiger partial charge in [0.25, 0.3) is 0 Å². The minimum Gasteiger partial charge on any atom is -0.334 e. The molecule has 0 radical (unpaired) electrons. The van der Waals surface area contributed by atoms with Crippen LogP contribution in [0, 0.1) is 29.1 Å². The number of nitrogens with one attached hydrogen (secondary N) is 1. The third-order valence-corrected chi connectivity index (χ3v) is 2.33. The van der Waals surface area contributed by atoms with E-state index in [0.29, 0.717) is 0 Å². The SMILES string of the molecule is Fc1c(F)c(F)c(-c2ncc(C(F)(F)F)[nH]2)c(F)c1F. The molecule has 1 N–H and O–H groups in total. The molecule has 1 aromatic carbocycles. The lowest BCUT2D eigenvalue weighted by Gasteiger charge is -2.06. The maximum atomic E-state index is 13.3. The summed E-state index contributed by atoms with van der Waals surface area (Å²) >= 11 is 0. The molecule has 0 bridgehead atoms. The molecule has 0 unspecified atom stereocenters. The van der Waals surface area contributed by atoms with Crippen molar-refractivity contribution in [3.8, 4) is 11.4 Å². The standard InChI is InChI=1S/C10H2F8N2/c11-4-3(5(12)7(14)8(15)6(4)13)9-19-1-2(20-9)10(16,17)18/h1H,(H,19,20). The van der Waals surface area contributed by atoms with Crippen LogP contribution >= 0.6 is 0 Å². The molecule has 0 fully saturated rings. The Kier molecular flexibility index (Phi) is 3.18. The summed E-state index contributed by atoms with van der Waals surface area (Å²) in [5.74, 6) is -12.6. The van der Waals surface area contributed by atoms with E-state index in [1.54, 1.807) is 0 Å². The largest absolute Gasteiger partial charge is 0.432 e. The van der Waals surface area contributed by atoms with Gasteiger partial charge in [-0.15, -0.1) is 0 Å². The number of H-pyrrole nitrogens is 1. The van der Waals surface area contributed by atoms with E-state index >= 15 is 0 Å². The van der Waals surface area contributed by atoms with Gasteiger partial charge in [-0.25, -0.2) is 26.9 Å². The predicted octanol–water partition coefficient (Wildman–Crippen LogP) is 3.79. The van der Waals surface area contributed by atoms with Crippen molar-refractivity contribution >= 4 is 0 Å². The summed E-state index contributed by atoms with van der Waals surface area (Å²) in [5.41, 5.74) is -3.05. The average Bonchev–Trinajstić information content (AvgIpc) is 2.83. The highest BCUT2D eigenvalue weighted by molar-refractivity contribution is 5.58. The van der Waals surface area contributed by atoms with Crippen LogP contribution in [0.3, 0.4) is 0 Å². The lowest BCUT2D eigenvalue weighted by molar-refractivity contribution is -0.140. The molecule has 2 rings (SSSR count). The first-order valence-electron chi connectivity index (χ1n) is 4.78. The molecule has 2 nitrogen and oxygen atoms in total. The third kappa shape index (κ3) is 2.10. The molecule has 10 heteroatoms. The smallest absolute Gasteiger partial charge is 0.334 e. The maximum Gasteiger partial charge on any atom is 0.432 e. The van der Waals surface area contributed by atoms with E-state index in [4.69, 9.17) is 0 Å². The zero-order valence-electron chi connectivity index (χ0n) is 9.05. The number of imidazole rings is 1. The lowest BCUT2D eigenvalue weighted by atomic mass is 10.1. The highest BCUT2D eigenvalue weighted by Gasteiger charge is 2.35. The maximum absolute atomic E-state index is 13.3. The van der Waals surface area contributed by atoms with Crippen molar-refractivity contribution in [2.24, 2.45) is 0 Å². The van der Waals surface area contributed by atoms with Crippen LogP contribution in [0.4, 0.5) is 35.1 Å². The van der Waals surface area contributed by atoms with Crippen molar-refractivity contribution in [2.75, 3.05) is 0 Å². The molecule has 20 heavy (non-hydrogen) atoms. The lowest BCUT2D eigenvalue weighted by Crippen LogP contribution is -2.07. The van der Waals surface area contributed by atoms with E-state index in [9.17, 15) is 35.1 Å². The number of benzene rings is 1.